The Hall–Kier alpha value is -3.22. The molecule has 0 aliphatic carbocycles. The number of para-hydroxylation sites is 1. The van der Waals surface area contributed by atoms with Crippen molar-refractivity contribution in [2.24, 2.45) is 0 Å². The summed E-state index contributed by atoms with van der Waals surface area (Å²) in [4.78, 5) is 28.7. The van der Waals surface area contributed by atoms with Gasteiger partial charge >= 0.3 is 6.03 Å². The van der Waals surface area contributed by atoms with Gasteiger partial charge in [-0.05, 0) is 18.2 Å². The van der Waals surface area contributed by atoms with Gasteiger partial charge in [0.2, 0.25) is 0 Å². The first-order valence-corrected chi connectivity index (χ1v) is 8.32. The molecule has 3 heterocycles. The highest BCUT2D eigenvalue weighted by Gasteiger charge is 2.43. The van der Waals surface area contributed by atoms with Gasteiger partial charge in [-0.1, -0.05) is 18.2 Å². The lowest BCUT2D eigenvalue weighted by Crippen LogP contribution is -2.45. The lowest BCUT2D eigenvalue weighted by molar-refractivity contribution is -0.126. The molecule has 0 bridgehead atoms. The molecule has 0 saturated heterocycles. The fourth-order valence-electron chi connectivity index (χ4n) is 3.48. The van der Waals surface area contributed by atoms with Crippen LogP contribution >= 0.6 is 0 Å². The van der Waals surface area contributed by atoms with Gasteiger partial charge in [0.15, 0.2) is 0 Å². The first-order valence-electron chi connectivity index (χ1n) is 8.32. The highest BCUT2D eigenvalue weighted by Crippen LogP contribution is 2.39. The van der Waals surface area contributed by atoms with Crippen molar-refractivity contribution in [3.63, 3.8) is 0 Å². The molecule has 26 heavy (non-hydrogen) atoms. The maximum absolute atomic E-state index is 13.1. The van der Waals surface area contributed by atoms with Crippen molar-refractivity contribution >= 4 is 11.9 Å². The third-order valence-corrected chi connectivity index (χ3v) is 4.81. The number of rotatable bonds is 4. The molecule has 1 aromatic carbocycles. The number of hydrogen-bond acceptors (Lipinski definition) is 4. The fraction of sp³-hybridized carbons (Fsp3) is 0.263. The Balaban J connectivity index is 1.72. The number of ether oxygens (including phenoxy) is 1. The van der Waals surface area contributed by atoms with Crippen molar-refractivity contribution in [3.05, 3.63) is 65.3 Å². The molecule has 0 saturated carbocycles. The Labute approximate surface area is 150 Å². The van der Waals surface area contributed by atoms with E-state index in [1.54, 1.807) is 31.4 Å². The number of benzene rings is 1. The zero-order valence-electron chi connectivity index (χ0n) is 14.6. The number of hydrogen-bond donors (Lipinski definition) is 1. The number of likely N-dealkylation sites (N-methyl/N-ethyl adjacent to an activating group) is 1. The number of nitrogens with one attached hydrogen (secondary N) is 1. The highest BCUT2D eigenvalue weighted by molar-refractivity contribution is 6.01. The van der Waals surface area contributed by atoms with E-state index in [2.05, 4.69) is 5.32 Å². The average molecular weight is 353 g/mol. The third kappa shape index (κ3) is 2.52. The zero-order chi connectivity index (χ0) is 18.3. The minimum Gasteiger partial charge on any atom is -0.496 e. The van der Waals surface area contributed by atoms with Gasteiger partial charge < -0.3 is 19.4 Å². The molecule has 2 aliphatic heterocycles. The number of furan rings is 1. The number of urea groups is 1. The lowest BCUT2D eigenvalue weighted by atomic mass is 9.95. The summed E-state index contributed by atoms with van der Waals surface area (Å²) in [6.07, 6.45) is 1.58. The van der Waals surface area contributed by atoms with Gasteiger partial charge in [-0.15, -0.1) is 0 Å². The van der Waals surface area contributed by atoms with Gasteiger partial charge in [-0.3, -0.25) is 9.69 Å². The van der Waals surface area contributed by atoms with Crippen molar-refractivity contribution < 1.29 is 18.7 Å². The van der Waals surface area contributed by atoms with Crippen molar-refractivity contribution in [3.8, 4) is 5.75 Å². The van der Waals surface area contributed by atoms with Crippen LogP contribution in [-0.4, -0.2) is 42.4 Å². The Morgan fingerprint density at radius 1 is 1.23 bits per heavy atom. The summed E-state index contributed by atoms with van der Waals surface area (Å²) in [5.74, 6) is 1.22. The number of amides is 3. The molecule has 7 heteroatoms. The largest absolute Gasteiger partial charge is 0.496 e. The fourth-order valence-corrected chi connectivity index (χ4v) is 3.48. The molecule has 2 aliphatic rings. The second kappa shape index (κ2) is 6.25. The molecule has 3 amide bonds. The van der Waals surface area contributed by atoms with E-state index in [1.165, 1.54) is 4.90 Å². The summed E-state index contributed by atoms with van der Waals surface area (Å²) in [6, 6.07) is 10.2. The minimum absolute atomic E-state index is 0.112. The Morgan fingerprint density at radius 2 is 2.04 bits per heavy atom. The standard InChI is InChI=1S/C19H19N3O4/c1-21-14-11-22(10-12-6-5-9-26-12)18(23)16(14)17(20-19(21)24)13-7-3-4-8-15(13)25-2/h3-9,17H,10-11H2,1-2H3,(H,20,24)/t17-/m1/s1. The Bertz CT molecular complexity index is 888. The molecule has 4 rings (SSSR count). The number of methoxy groups -OCH3 is 1. The molecular weight excluding hydrogens is 334 g/mol. The molecule has 0 unspecified atom stereocenters. The first kappa shape index (κ1) is 16.3. The highest BCUT2D eigenvalue weighted by atomic mass is 16.5. The summed E-state index contributed by atoms with van der Waals surface area (Å²) in [5.41, 5.74) is 2.04. The van der Waals surface area contributed by atoms with Gasteiger partial charge in [0.25, 0.3) is 5.91 Å². The van der Waals surface area contributed by atoms with Crippen LogP contribution in [-0.2, 0) is 11.3 Å². The molecule has 134 valence electrons. The first-order chi connectivity index (χ1) is 12.6. The Morgan fingerprint density at radius 3 is 2.77 bits per heavy atom. The SMILES string of the molecule is COc1ccccc1[C@H]1NC(=O)N(C)C2=C1C(=O)N(Cc1ccco1)C2. The van der Waals surface area contributed by atoms with Crippen LogP contribution in [0, 0.1) is 0 Å². The van der Waals surface area contributed by atoms with E-state index in [1.807, 2.05) is 30.3 Å². The smallest absolute Gasteiger partial charge is 0.322 e. The van der Waals surface area contributed by atoms with Crippen molar-refractivity contribution in [1.82, 2.24) is 15.1 Å². The summed E-state index contributed by atoms with van der Waals surface area (Å²) >= 11 is 0. The molecule has 0 radical (unpaired) electrons. The van der Waals surface area contributed by atoms with Gasteiger partial charge in [-0.2, -0.15) is 0 Å². The van der Waals surface area contributed by atoms with Crippen LogP contribution in [0.2, 0.25) is 0 Å². The topological polar surface area (TPSA) is 75.0 Å². The average Bonchev–Trinajstić information content (AvgIpc) is 3.27. The molecule has 0 fully saturated rings. The van der Waals surface area contributed by atoms with Crippen LogP contribution in [0.15, 0.2) is 58.3 Å². The maximum atomic E-state index is 13.1. The summed E-state index contributed by atoms with van der Waals surface area (Å²) in [7, 11) is 3.25. The van der Waals surface area contributed by atoms with E-state index in [0.717, 1.165) is 5.56 Å². The van der Waals surface area contributed by atoms with E-state index >= 15 is 0 Å². The van der Waals surface area contributed by atoms with E-state index in [4.69, 9.17) is 9.15 Å². The lowest BCUT2D eigenvalue weighted by Gasteiger charge is -2.31. The molecule has 7 nitrogen and oxygen atoms in total. The Kier molecular flexibility index (Phi) is 3.91. The van der Waals surface area contributed by atoms with E-state index in [0.29, 0.717) is 35.9 Å². The van der Waals surface area contributed by atoms with Gasteiger partial charge in [0.05, 0.1) is 43.8 Å². The number of carbonyl (C=O) groups is 2. The molecule has 1 atom stereocenters. The predicted molar refractivity (Wildman–Crippen MR) is 93.2 cm³/mol. The van der Waals surface area contributed by atoms with Crippen LogP contribution in [0.25, 0.3) is 0 Å². The molecule has 2 aromatic rings. The van der Waals surface area contributed by atoms with Crippen molar-refractivity contribution in [1.29, 1.82) is 0 Å². The quantitative estimate of drug-likeness (QED) is 0.915. The zero-order valence-corrected chi connectivity index (χ0v) is 14.6. The maximum Gasteiger partial charge on any atom is 0.322 e. The predicted octanol–water partition coefficient (Wildman–Crippen LogP) is 2.28. The van der Waals surface area contributed by atoms with E-state index in [-0.39, 0.29) is 11.9 Å². The van der Waals surface area contributed by atoms with E-state index < -0.39 is 6.04 Å². The van der Waals surface area contributed by atoms with E-state index in [9.17, 15) is 9.59 Å². The second-order valence-corrected chi connectivity index (χ2v) is 6.28. The van der Waals surface area contributed by atoms with Gasteiger partial charge in [0.1, 0.15) is 11.5 Å². The molecule has 1 N–H and O–H groups in total. The normalized spacial score (nSPS) is 19.7. The number of carbonyl (C=O) groups excluding carboxylic acids is 2. The van der Waals surface area contributed by atoms with Crippen LogP contribution in [0.3, 0.4) is 0 Å². The second-order valence-electron chi connectivity index (χ2n) is 6.28. The van der Waals surface area contributed by atoms with Crippen LogP contribution in [0.1, 0.15) is 17.4 Å². The van der Waals surface area contributed by atoms with Gasteiger partial charge in [-0.25, -0.2) is 4.79 Å². The molecule has 1 aromatic heterocycles. The minimum atomic E-state index is -0.543. The molecule has 0 spiro atoms. The summed E-state index contributed by atoms with van der Waals surface area (Å²) in [5, 5.41) is 2.92. The number of nitrogens with zero attached hydrogens (tertiary/aromatic N) is 2. The van der Waals surface area contributed by atoms with Crippen LogP contribution in [0.5, 0.6) is 5.75 Å². The van der Waals surface area contributed by atoms with Crippen molar-refractivity contribution in [2.45, 2.75) is 12.6 Å². The van der Waals surface area contributed by atoms with Crippen LogP contribution < -0.4 is 10.1 Å². The molecular formula is C19H19N3O4. The third-order valence-electron chi connectivity index (χ3n) is 4.81. The summed E-state index contributed by atoms with van der Waals surface area (Å²) < 4.78 is 10.8. The van der Waals surface area contributed by atoms with Crippen LogP contribution in [0.4, 0.5) is 4.79 Å². The van der Waals surface area contributed by atoms with Gasteiger partial charge in [0, 0.05) is 12.6 Å². The van der Waals surface area contributed by atoms with Crippen molar-refractivity contribution in [2.75, 3.05) is 20.7 Å². The monoisotopic (exact) mass is 353 g/mol. The summed E-state index contributed by atoms with van der Waals surface area (Å²) in [6.45, 7) is 0.726.